The zero-order valence-corrected chi connectivity index (χ0v) is 18.9. The van der Waals surface area contributed by atoms with E-state index in [1.807, 2.05) is 9.80 Å². The van der Waals surface area contributed by atoms with Crippen molar-refractivity contribution in [3.63, 3.8) is 0 Å². The molecule has 4 aliphatic rings. The summed E-state index contributed by atoms with van der Waals surface area (Å²) in [5.74, 6) is 0.237. The summed E-state index contributed by atoms with van der Waals surface area (Å²) in [5, 5.41) is 5.15. The summed E-state index contributed by atoms with van der Waals surface area (Å²) in [5.41, 5.74) is 3.93. The van der Waals surface area contributed by atoms with Crippen molar-refractivity contribution in [2.75, 3.05) is 26.2 Å². The van der Waals surface area contributed by atoms with Crippen molar-refractivity contribution < 1.29 is 9.59 Å². The lowest BCUT2D eigenvalue weighted by molar-refractivity contribution is -0.137. The van der Waals surface area contributed by atoms with E-state index in [2.05, 4.69) is 34.6 Å². The van der Waals surface area contributed by atoms with E-state index < -0.39 is 0 Å². The molecule has 6 nitrogen and oxygen atoms in total. The molecule has 1 aromatic heterocycles. The zero-order chi connectivity index (χ0) is 21.7. The molecule has 4 heterocycles. The van der Waals surface area contributed by atoms with Crippen LogP contribution in [0.2, 0.25) is 0 Å². The van der Waals surface area contributed by atoms with Gasteiger partial charge in [-0.1, -0.05) is 37.5 Å². The van der Waals surface area contributed by atoms with Gasteiger partial charge in [0.1, 0.15) is 0 Å². The number of para-hydroxylation sites is 1. The summed E-state index contributed by atoms with van der Waals surface area (Å²) in [6.07, 6.45) is 9.22. The summed E-state index contributed by atoms with van der Waals surface area (Å²) >= 11 is 0. The number of H-pyrrole nitrogens is 1. The van der Waals surface area contributed by atoms with Gasteiger partial charge in [-0.15, -0.1) is 0 Å². The molecule has 2 saturated heterocycles. The van der Waals surface area contributed by atoms with E-state index in [4.69, 9.17) is 0 Å². The summed E-state index contributed by atoms with van der Waals surface area (Å²) in [7, 11) is 0. The van der Waals surface area contributed by atoms with E-state index in [0.29, 0.717) is 19.0 Å². The number of aromatic amines is 1. The largest absolute Gasteiger partial charge is 0.357 e. The lowest BCUT2D eigenvalue weighted by atomic mass is 9.79. The number of benzene rings is 1. The Hall–Kier alpha value is -2.34. The van der Waals surface area contributed by atoms with Crippen LogP contribution in [0.25, 0.3) is 10.9 Å². The fourth-order valence-electron chi connectivity index (χ4n) is 6.82. The molecule has 32 heavy (non-hydrogen) atoms. The Balaban J connectivity index is 1.15. The van der Waals surface area contributed by atoms with Crippen LogP contribution in [0.3, 0.4) is 0 Å². The molecule has 6 heteroatoms. The maximum absolute atomic E-state index is 13.4. The monoisotopic (exact) mass is 434 g/mol. The van der Waals surface area contributed by atoms with Gasteiger partial charge in [-0.2, -0.15) is 0 Å². The molecule has 1 atom stereocenters. The zero-order valence-electron chi connectivity index (χ0n) is 18.9. The van der Waals surface area contributed by atoms with Crippen molar-refractivity contribution in [3.8, 4) is 0 Å². The number of amides is 2. The van der Waals surface area contributed by atoms with Crippen molar-refractivity contribution in [1.82, 2.24) is 20.1 Å². The predicted octanol–water partition coefficient (Wildman–Crippen LogP) is 3.31. The Morgan fingerprint density at radius 1 is 1.06 bits per heavy atom. The van der Waals surface area contributed by atoms with Crippen LogP contribution in [0.1, 0.15) is 62.6 Å². The average Bonchev–Trinajstić information content (AvgIpc) is 3.42. The molecular formula is C26H34N4O2. The number of fused-ring (bicyclic) bond motifs is 4. The molecule has 2 amide bonds. The SMILES string of the molecule is O=C(C1CC(=O)N(C2CCCCC2)C1)N1CCC2(CC1)NCCc1c2[nH]c2ccccc12. The van der Waals surface area contributed by atoms with Crippen LogP contribution in [0, 0.1) is 5.92 Å². The average molecular weight is 435 g/mol. The number of carbonyl (C=O) groups is 2. The smallest absolute Gasteiger partial charge is 0.227 e. The minimum absolute atomic E-state index is 0.0665. The Kier molecular flexibility index (Phi) is 5.01. The molecule has 1 spiro atoms. The highest BCUT2D eigenvalue weighted by atomic mass is 16.2. The van der Waals surface area contributed by atoms with Crippen LogP contribution in [0.5, 0.6) is 0 Å². The van der Waals surface area contributed by atoms with E-state index in [1.165, 1.54) is 41.4 Å². The second-order valence-corrected chi connectivity index (χ2v) is 10.3. The predicted molar refractivity (Wildman–Crippen MR) is 124 cm³/mol. The van der Waals surface area contributed by atoms with Gasteiger partial charge in [-0.3, -0.25) is 9.59 Å². The summed E-state index contributed by atoms with van der Waals surface area (Å²) in [6.45, 7) is 3.13. The Labute approximate surface area is 189 Å². The number of aromatic nitrogens is 1. The van der Waals surface area contributed by atoms with Crippen molar-refractivity contribution in [2.24, 2.45) is 5.92 Å². The fraction of sp³-hybridized carbons (Fsp3) is 0.615. The van der Waals surface area contributed by atoms with E-state index in [1.54, 1.807) is 0 Å². The molecule has 2 aromatic rings. The first-order chi connectivity index (χ1) is 15.6. The summed E-state index contributed by atoms with van der Waals surface area (Å²) in [6, 6.07) is 8.95. The lowest BCUT2D eigenvalue weighted by Crippen LogP contribution is -2.55. The third-order valence-corrected chi connectivity index (χ3v) is 8.58. The molecule has 1 aromatic carbocycles. The molecule has 1 aliphatic carbocycles. The van der Waals surface area contributed by atoms with Crippen LogP contribution >= 0.6 is 0 Å². The molecule has 0 bridgehead atoms. The Morgan fingerprint density at radius 3 is 2.66 bits per heavy atom. The topological polar surface area (TPSA) is 68.4 Å². The minimum atomic E-state index is -0.151. The van der Waals surface area contributed by atoms with Crippen LogP contribution in [0.15, 0.2) is 24.3 Å². The van der Waals surface area contributed by atoms with Gasteiger partial charge in [0.05, 0.1) is 11.5 Å². The highest BCUT2D eigenvalue weighted by Crippen LogP contribution is 2.40. The van der Waals surface area contributed by atoms with Crippen LogP contribution < -0.4 is 5.32 Å². The molecule has 1 saturated carbocycles. The Morgan fingerprint density at radius 2 is 1.84 bits per heavy atom. The van der Waals surface area contributed by atoms with E-state index in [-0.39, 0.29) is 23.3 Å². The van der Waals surface area contributed by atoms with E-state index in [9.17, 15) is 9.59 Å². The summed E-state index contributed by atoms with van der Waals surface area (Å²) < 4.78 is 0. The standard InChI is InChI=1S/C26H34N4O2/c31-23-16-18(17-30(23)19-6-2-1-3-7-19)25(32)29-14-11-26(12-15-29)24-21(10-13-27-26)20-8-4-5-9-22(20)28-24/h4-5,8-9,18-19,27-28H,1-3,6-7,10-17H2. The maximum Gasteiger partial charge on any atom is 0.227 e. The van der Waals surface area contributed by atoms with Crippen LogP contribution in [-0.4, -0.2) is 58.8 Å². The lowest BCUT2D eigenvalue weighted by Gasteiger charge is -2.45. The first kappa shape index (κ1) is 20.3. The highest BCUT2D eigenvalue weighted by molar-refractivity contribution is 5.89. The molecule has 6 rings (SSSR count). The van der Waals surface area contributed by atoms with Gasteiger partial charge in [0.25, 0.3) is 0 Å². The van der Waals surface area contributed by atoms with Gasteiger partial charge in [0, 0.05) is 55.2 Å². The number of nitrogens with zero attached hydrogens (tertiary/aromatic N) is 2. The first-order valence-corrected chi connectivity index (χ1v) is 12.6. The third-order valence-electron chi connectivity index (χ3n) is 8.58. The quantitative estimate of drug-likeness (QED) is 0.762. The molecule has 1 unspecified atom stereocenters. The number of rotatable bonds is 2. The van der Waals surface area contributed by atoms with Crippen LogP contribution in [0.4, 0.5) is 0 Å². The van der Waals surface area contributed by atoms with Gasteiger partial charge in [0.2, 0.25) is 11.8 Å². The van der Waals surface area contributed by atoms with E-state index >= 15 is 0 Å². The van der Waals surface area contributed by atoms with Gasteiger partial charge >= 0.3 is 0 Å². The molecule has 3 fully saturated rings. The van der Waals surface area contributed by atoms with Gasteiger partial charge in [-0.05, 0) is 43.7 Å². The summed E-state index contributed by atoms with van der Waals surface area (Å²) in [4.78, 5) is 33.8. The molecule has 2 N–H and O–H groups in total. The van der Waals surface area contributed by atoms with Crippen molar-refractivity contribution in [1.29, 1.82) is 0 Å². The number of likely N-dealkylation sites (tertiary alicyclic amines) is 2. The van der Waals surface area contributed by atoms with Crippen molar-refractivity contribution >= 4 is 22.7 Å². The maximum atomic E-state index is 13.4. The number of hydrogen-bond donors (Lipinski definition) is 2. The highest BCUT2D eigenvalue weighted by Gasteiger charge is 2.45. The second kappa shape index (κ2) is 7.91. The van der Waals surface area contributed by atoms with Gasteiger partial charge in [0.15, 0.2) is 0 Å². The molecule has 170 valence electrons. The first-order valence-electron chi connectivity index (χ1n) is 12.6. The molecule has 3 aliphatic heterocycles. The molecule has 0 radical (unpaired) electrons. The van der Waals surface area contributed by atoms with Crippen LogP contribution in [-0.2, 0) is 21.5 Å². The van der Waals surface area contributed by atoms with Crippen molar-refractivity contribution in [2.45, 2.75) is 69.4 Å². The minimum Gasteiger partial charge on any atom is -0.357 e. The molecular weight excluding hydrogens is 400 g/mol. The fourth-order valence-corrected chi connectivity index (χ4v) is 6.82. The number of piperidine rings is 1. The van der Waals surface area contributed by atoms with E-state index in [0.717, 1.165) is 51.7 Å². The Bertz CT molecular complexity index is 1030. The number of hydrogen-bond acceptors (Lipinski definition) is 3. The number of nitrogens with one attached hydrogen (secondary N) is 2. The van der Waals surface area contributed by atoms with Crippen molar-refractivity contribution in [3.05, 3.63) is 35.5 Å². The van der Waals surface area contributed by atoms with Gasteiger partial charge < -0.3 is 20.1 Å². The number of carbonyl (C=O) groups excluding carboxylic acids is 2. The second-order valence-electron chi connectivity index (χ2n) is 10.3. The van der Waals surface area contributed by atoms with Gasteiger partial charge in [-0.25, -0.2) is 0 Å². The third kappa shape index (κ3) is 3.26. The normalized spacial score (nSPS) is 26.1.